The highest BCUT2D eigenvalue weighted by Gasteiger charge is 2.05. The second kappa shape index (κ2) is 34.7. The molecule has 1 aromatic rings. The fraction of sp³-hybridized carbons (Fsp3) is 0.765. The first-order valence-corrected chi connectivity index (χ1v) is 17.8. The van der Waals surface area contributed by atoms with Crippen molar-refractivity contribution in [2.45, 2.75) is 57.8 Å². The van der Waals surface area contributed by atoms with E-state index in [1.54, 1.807) is 24.3 Å². The SMILES string of the molecule is O=C(O)COCCOCCOCCOCCNC(=O)Oc1ccc(OCCOCCOCCOCCCCCCCCCCCS)cc1. The second-order valence-electron chi connectivity index (χ2n) is 10.7. The van der Waals surface area contributed by atoms with Crippen molar-refractivity contribution >= 4 is 24.7 Å². The van der Waals surface area contributed by atoms with Gasteiger partial charge in [-0.3, -0.25) is 0 Å². The number of aliphatic carboxylic acids is 1. The van der Waals surface area contributed by atoms with Crippen LogP contribution in [0.4, 0.5) is 4.79 Å². The monoisotopic (exact) mass is 705 g/mol. The van der Waals surface area contributed by atoms with Gasteiger partial charge >= 0.3 is 12.1 Å². The van der Waals surface area contributed by atoms with Crippen LogP contribution in [0.2, 0.25) is 0 Å². The van der Waals surface area contributed by atoms with Crippen LogP contribution in [0.25, 0.3) is 0 Å². The Morgan fingerprint density at radius 1 is 0.521 bits per heavy atom. The molecule has 0 heterocycles. The lowest BCUT2D eigenvalue weighted by molar-refractivity contribution is -0.142. The van der Waals surface area contributed by atoms with Crippen molar-refractivity contribution in [2.24, 2.45) is 0 Å². The third-order valence-electron chi connectivity index (χ3n) is 6.58. The normalized spacial score (nSPS) is 11.1. The number of hydrogen-bond donors (Lipinski definition) is 3. The van der Waals surface area contributed by atoms with E-state index in [2.05, 4.69) is 17.9 Å². The molecular weight excluding hydrogens is 646 g/mol. The number of amides is 1. The number of carbonyl (C=O) groups excluding carboxylic acids is 1. The van der Waals surface area contributed by atoms with Gasteiger partial charge in [-0.1, -0.05) is 44.9 Å². The maximum Gasteiger partial charge on any atom is 0.412 e. The molecule has 2 N–H and O–H groups in total. The minimum absolute atomic E-state index is 0.216. The summed E-state index contributed by atoms with van der Waals surface area (Å²) >= 11 is 4.25. The van der Waals surface area contributed by atoms with E-state index in [-0.39, 0.29) is 19.8 Å². The van der Waals surface area contributed by atoms with Gasteiger partial charge in [0, 0.05) is 13.2 Å². The Bertz CT molecular complexity index is 865. The number of carbonyl (C=O) groups is 2. The maximum atomic E-state index is 12.0. The first-order valence-electron chi connectivity index (χ1n) is 17.2. The average Bonchev–Trinajstić information content (AvgIpc) is 3.08. The molecule has 0 radical (unpaired) electrons. The summed E-state index contributed by atoms with van der Waals surface area (Å²) in [6, 6.07) is 6.75. The number of hydrogen-bond acceptors (Lipinski definition) is 12. The summed E-state index contributed by atoms with van der Waals surface area (Å²) in [5.74, 6) is 1.03. The molecule has 0 aliphatic heterocycles. The molecule has 0 aliphatic rings. The molecule has 0 saturated heterocycles. The Morgan fingerprint density at radius 3 is 1.46 bits per heavy atom. The lowest BCUT2D eigenvalue weighted by Gasteiger charge is -2.10. The van der Waals surface area contributed by atoms with Crippen LogP contribution in [-0.4, -0.2) is 129 Å². The summed E-state index contributed by atoms with van der Waals surface area (Å²) in [4.78, 5) is 22.3. The van der Waals surface area contributed by atoms with E-state index in [1.165, 1.54) is 51.4 Å². The number of carboxylic acids is 1. The highest BCUT2D eigenvalue weighted by atomic mass is 32.1. The third kappa shape index (κ3) is 31.1. The maximum absolute atomic E-state index is 12.0. The quantitative estimate of drug-likeness (QED) is 0.0651. The standard InChI is InChI=1S/C34H59NO12S/c36-33(37)30-45-26-25-43-22-21-42-20-18-40-16-14-35-34(38)47-32-12-10-31(11-13-32)46-28-27-44-24-23-41-19-17-39-15-8-6-4-2-1-3-5-7-9-29-48/h10-13,48H,1-9,14-30H2,(H,35,38)(H,36,37). The molecule has 13 nitrogen and oxygen atoms in total. The van der Waals surface area contributed by atoms with Gasteiger partial charge < -0.3 is 53.1 Å². The zero-order valence-electron chi connectivity index (χ0n) is 28.6. The van der Waals surface area contributed by atoms with E-state index in [0.717, 1.165) is 18.8 Å². The van der Waals surface area contributed by atoms with Crippen LogP contribution in [0, 0.1) is 0 Å². The Morgan fingerprint density at radius 2 is 0.938 bits per heavy atom. The number of benzene rings is 1. The molecule has 0 atom stereocenters. The molecule has 1 rings (SSSR count). The number of thiol groups is 1. The van der Waals surface area contributed by atoms with E-state index in [1.807, 2.05) is 0 Å². The number of ether oxygens (including phenoxy) is 9. The molecule has 0 saturated carbocycles. The largest absolute Gasteiger partial charge is 0.491 e. The van der Waals surface area contributed by atoms with Gasteiger partial charge in [-0.15, -0.1) is 0 Å². The van der Waals surface area contributed by atoms with Gasteiger partial charge in [0.05, 0.1) is 79.3 Å². The fourth-order valence-corrected chi connectivity index (χ4v) is 4.33. The van der Waals surface area contributed by atoms with Gasteiger partial charge in [0.25, 0.3) is 0 Å². The summed E-state index contributed by atoms with van der Waals surface area (Å²) in [7, 11) is 0. The van der Waals surface area contributed by atoms with Crippen LogP contribution in [0.5, 0.6) is 11.5 Å². The molecule has 1 aromatic carbocycles. The zero-order chi connectivity index (χ0) is 34.6. The third-order valence-corrected chi connectivity index (χ3v) is 6.90. The fourth-order valence-electron chi connectivity index (χ4n) is 4.11. The Hall–Kier alpha value is -2.17. The minimum atomic E-state index is -1.01. The highest BCUT2D eigenvalue weighted by Crippen LogP contribution is 2.17. The van der Waals surface area contributed by atoms with Crippen LogP contribution in [0.1, 0.15) is 57.8 Å². The summed E-state index contributed by atoms with van der Waals surface area (Å²) in [5.41, 5.74) is 0. The minimum Gasteiger partial charge on any atom is -0.491 e. The Kier molecular flexibility index (Phi) is 31.7. The molecule has 278 valence electrons. The molecule has 48 heavy (non-hydrogen) atoms. The van der Waals surface area contributed by atoms with E-state index in [0.29, 0.717) is 90.8 Å². The van der Waals surface area contributed by atoms with Gasteiger partial charge in [-0.05, 0) is 42.9 Å². The van der Waals surface area contributed by atoms with Crippen LogP contribution in [0.15, 0.2) is 24.3 Å². The van der Waals surface area contributed by atoms with Gasteiger partial charge in [-0.2, -0.15) is 12.6 Å². The van der Waals surface area contributed by atoms with E-state index >= 15 is 0 Å². The van der Waals surface area contributed by atoms with Crippen LogP contribution in [-0.2, 0) is 38.0 Å². The smallest absolute Gasteiger partial charge is 0.412 e. The summed E-state index contributed by atoms with van der Waals surface area (Å²) in [6.07, 6.45) is 11.0. The molecule has 1 amide bonds. The van der Waals surface area contributed by atoms with Crippen LogP contribution in [0.3, 0.4) is 0 Å². The van der Waals surface area contributed by atoms with Gasteiger partial charge in [0.1, 0.15) is 24.7 Å². The van der Waals surface area contributed by atoms with E-state index < -0.39 is 12.1 Å². The predicted molar refractivity (Wildman–Crippen MR) is 185 cm³/mol. The van der Waals surface area contributed by atoms with Gasteiger partial charge in [-0.25, -0.2) is 9.59 Å². The topological polar surface area (TPSA) is 149 Å². The van der Waals surface area contributed by atoms with Crippen molar-refractivity contribution in [3.05, 3.63) is 24.3 Å². The Labute approximate surface area is 291 Å². The van der Waals surface area contributed by atoms with Crippen molar-refractivity contribution in [2.75, 3.05) is 111 Å². The molecule has 0 aliphatic carbocycles. The van der Waals surface area contributed by atoms with Gasteiger partial charge in [0.2, 0.25) is 0 Å². The first-order chi connectivity index (χ1) is 23.6. The van der Waals surface area contributed by atoms with E-state index in [4.69, 9.17) is 47.7 Å². The number of carboxylic acid groups (broad SMARTS) is 1. The molecule has 0 unspecified atom stereocenters. The molecule has 0 bridgehead atoms. The van der Waals surface area contributed by atoms with Crippen molar-refractivity contribution in [3.63, 3.8) is 0 Å². The molecule has 14 heteroatoms. The lowest BCUT2D eigenvalue weighted by Crippen LogP contribution is -2.30. The lowest BCUT2D eigenvalue weighted by atomic mass is 10.1. The molecule has 0 aromatic heterocycles. The van der Waals surface area contributed by atoms with Crippen molar-refractivity contribution in [1.82, 2.24) is 5.32 Å². The summed E-state index contributed by atoms with van der Waals surface area (Å²) in [6.45, 7) is 6.09. The van der Waals surface area contributed by atoms with Gasteiger partial charge in [0.15, 0.2) is 0 Å². The summed E-state index contributed by atoms with van der Waals surface area (Å²) in [5, 5.41) is 11.1. The molecule has 0 fully saturated rings. The first kappa shape index (κ1) is 43.9. The van der Waals surface area contributed by atoms with Crippen molar-refractivity contribution in [1.29, 1.82) is 0 Å². The highest BCUT2D eigenvalue weighted by molar-refractivity contribution is 7.80. The molecular formula is C34H59NO12S. The Balaban J connectivity index is 1.84. The van der Waals surface area contributed by atoms with E-state index in [9.17, 15) is 9.59 Å². The van der Waals surface area contributed by atoms with Crippen LogP contribution < -0.4 is 14.8 Å². The number of unbranched alkanes of at least 4 members (excludes halogenated alkanes) is 8. The average molecular weight is 706 g/mol. The van der Waals surface area contributed by atoms with Crippen molar-refractivity contribution in [3.8, 4) is 11.5 Å². The zero-order valence-corrected chi connectivity index (χ0v) is 29.5. The second-order valence-corrected chi connectivity index (χ2v) is 11.1. The predicted octanol–water partition coefficient (Wildman–Crippen LogP) is 4.80. The summed E-state index contributed by atoms with van der Waals surface area (Å²) < 4.78 is 48.5. The van der Waals surface area contributed by atoms with Crippen molar-refractivity contribution < 1.29 is 57.3 Å². The number of rotatable bonds is 36. The molecule has 0 spiro atoms. The van der Waals surface area contributed by atoms with Crippen LogP contribution >= 0.6 is 12.6 Å². The number of nitrogens with one attached hydrogen (secondary N) is 1.